The standard InChI is InChI=1S/C14H32N2S/c1-6-8-14(3,12-15-9-7-2)13-16(4)10-11-17-5/h15H,6-13H2,1-5H3. The van der Waals surface area contributed by atoms with Gasteiger partial charge in [0.2, 0.25) is 0 Å². The van der Waals surface area contributed by atoms with Gasteiger partial charge in [0, 0.05) is 25.4 Å². The minimum atomic E-state index is 0.428. The van der Waals surface area contributed by atoms with Crippen molar-refractivity contribution in [2.45, 2.75) is 40.0 Å². The quantitative estimate of drug-likeness (QED) is 0.575. The van der Waals surface area contributed by atoms with Gasteiger partial charge in [-0.15, -0.1) is 0 Å². The van der Waals surface area contributed by atoms with Gasteiger partial charge in [-0.25, -0.2) is 0 Å². The second-order valence-corrected chi connectivity index (χ2v) is 6.45. The third-order valence-electron chi connectivity index (χ3n) is 3.16. The minimum Gasteiger partial charge on any atom is -0.316 e. The topological polar surface area (TPSA) is 15.3 Å². The van der Waals surface area contributed by atoms with E-state index in [0.29, 0.717) is 5.41 Å². The van der Waals surface area contributed by atoms with Gasteiger partial charge in [-0.2, -0.15) is 11.8 Å². The Morgan fingerprint density at radius 3 is 2.47 bits per heavy atom. The molecule has 104 valence electrons. The zero-order valence-corrected chi connectivity index (χ0v) is 13.3. The first kappa shape index (κ1) is 17.3. The van der Waals surface area contributed by atoms with Crippen molar-refractivity contribution in [1.29, 1.82) is 0 Å². The molecule has 0 amide bonds. The summed E-state index contributed by atoms with van der Waals surface area (Å²) in [6.07, 6.45) is 6.00. The summed E-state index contributed by atoms with van der Waals surface area (Å²) in [5.74, 6) is 1.24. The molecule has 0 bridgehead atoms. The maximum absolute atomic E-state index is 3.59. The maximum atomic E-state index is 3.59. The minimum absolute atomic E-state index is 0.428. The van der Waals surface area contributed by atoms with Gasteiger partial charge < -0.3 is 10.2 Å². The van der Waals surface area contributed by atoms with Crippen LogP contribution in [0.3, 0.4) is 0 Å². The van der Waals surface area contributed by atoms with Crippen LogP contribution in [0.1, 0.15) is 40.0 Å². The zero-order chi connectivity index (χ0) is 13.1. The third kappa shape index (κ3) is 8.92. The van der Waals surface area contributed by atoms with Crippen molar-refractivity contribution in [2.75, 3.05) is 45.2 Å². The molecule has 0 aromatic carbocycles. The predicted octanol–water partition coefficient (Wildman–Crippen LogP) is 3.09. The summed E-state index contributed by atoms with van der Waals surface area (Å²) in [6, 6.07) is 0. The molecule has 0 saturated carbocycles. The monoisotopic (exact) mass is 260 g/mol. The van der Waals surface area contributed by atoms with Crippen molar-refractivity contribution in [3.05, 3.63) is 0 Å². The van der Waals surface area contributed by atoms with Gasteiger partial charge in [0.25, 0.3) is 0 Å². The van der Waals surface area contributed by atoms with Crippen molar-refractivity contribution in [1.82, 2.24) is 10.2 Å². The number of nitrogens with zero attached hydrogens (tertiary/aromatic N) is 1. The molecule has 0 saturated heterocycles. The number of nitrogens with one attached hydrogen (secondary N) is 1. The van der Waals surface area contributed by atoms with Crippen LogP contribution in [0.4, 0.5) is 0 Å². The lowest BCUT2D eigenvalue weighted by atomic mass is 9.85. The molecule has 1 N–H and O–H groups in total. The van der Waals surface area contributed by atoms with Crippen molar-refractivity contribution in [3.63, 3.8) is 0 Å². The van der Waals surface area contributed by atoms with E-state index in [4.69, 9.17) is 0 Å². The number of hydrogen-bond donors (Lipinski definition) is 1. The van der Waals surface area contributed by atoms with E-state index in [1.165, 1.54) is 38.1 Å². The van der Waals surface area contributed by atoms with Gasteiger partial charge in [-0.3, -0.25) is 0 Å². The first-order valence-corrected chi connectivity index (χ1v) is 8.35. The summed E-state index contributed by atoms with van der Waals surface area (Å²) in [5, 5.41) is 3.59. The molecule has 3 heteroatoms. The van der Waals surface area contributed by atoms with Gasteiger partial charge in [0.05, 0.1) is 0 Å². The molecule has 0 radical (unpaired) electrons. The highest BCUT2D eigenvalue weighted by atomic mass is 32.2. The average molecular weight is 260 g/mol. The molecule has 1 unspecified atom stereocenters. The van der Waals surface area contributed by atoms with E-state index in [9.17, 15) is 0 Å². The molecule has 0 spiro atoms. The number of thioether (sulfide) groups is 1. The summed E-state index contributed by atoms with van der Waals surface area (Å²) in [7, 11) is 2.25. The van der Waals surface area contributed by atoms with Crippen LogP contribution in [0, 0.1) is 5.41 Å². The lowest BCUT2D eigenvalue weighted by Crippen LogP contribution is -2.41. The maximum Gasteiger partial charge on any atom is 0.00694 e. The highest BCUT2D eigenvalue weighted by molar-refractivity contribution is 7.98. The fraction of sp³-hybridized carbons (Fsp3) is 1.00. The Kier molecular flexibility index (Phi) is 10.4. The first-order valence-electron chi connectivity index (χ1n) is 6.96. The molecule has 0 aliphatic carbocycles. The van der Waals surface area contributed by atoms with E-state index in [1.54, 1.807) is 0 Å². The van der Waals surface area contributed by atoms with E-state index < -0.39 is 0 Å². The Morgan fingerprint density at radius 2 is 1.94 bits per heavy atom. The summed E-state index contributed by atoms with van der Waals surface area (Å²) in [5.41, 5.74) is 0.428. The summed E-state index contributed by atoms with van der Waals surface area (Å²) in [4.78, 5) is 2.49. The van der Waals surface area contributed by atoms with Crippen molar-refractivity contribution >= 4 is 11.8 Å². The van der Waals surface area contributed by atoms with E-state index in [1.807, 2.05) is 11.8 Å². The Balaban J connectivity index is 4.08. The largest absolute Gasteiger partial charge is 0.316 e. The van der Waals surface area contributed by atoms with E-state index in [2.05, 4.69) is 44.3 Å². The van der Waals surface area contributed by atoms with Crippen LogP contribution in [0.5, 0.6) is 0 Å². The molecule has 0 aliphatic rings. The molecule has 1 atom stereocenters. The summed E-state index contributed by atoms with van der Waals surface area (Å²) < 4.78 is 0. The predicted molar refractivity (Wildman–Crippen MR) is 82.1 cm³/mol. The van der Waals surface area contributed by atoms with Crippen LogP contribution >= 0.6 is 11.8 Å². The van der Waals surface area contributed by atoms with E-state index >= 15 is 0 Å². The Hall–Kier alpha value is 0.270. The molecular weight excluding hydrogens is 228 g/mol. The Labute approximate surface area is 113 Å². The number of rotatable bonds is 11. The molecule has 0 rings (SSSR count). The zero-order valence-electron chi connectivity index (χ0n) is 12.5. The Morgan fingerprint density at radius 1 is 1.24 bits per heavy atom. The van der Waals surface area contributed by atoms with Crippen molar-refractivity contribution in [2.24, 2.45) is 5.41 Å². The van der Waals surface area contributed by atoms with Crippen LogP contribution < -0.4 is 5.32 Å². The fourth-order valence-electron chi connectivity index (χ4n) is 2.37. The molecule has 17 heavy (non-hydrogen) atoms. The molecular formula is C14H32N2S. The third-order valence-corrected chi connectivity index (χ3v) is 3.75. The van der Waals surface area contributed by atoms with Crippen LogP contribution in [-0.2, 0) is 0 Å². The van der Waals surface area contributed by atoms with Crippen molar-refractivity contribution < 1.29 is 0 Å². The van der Waals surface area contributed by atoms with Crippen LogP contribution in [-0.4, -0.2) is 50.1 Å². The van der Waals surface area contributed by atoms with Gasteiger partial charge in [-0.05, 0) is 38.1 Å². The fourth-order valence-corrected chi connectivity index (χ4v) is 2.87. The molecule has 0 heterocycles. The summed E-state index contributed by atoms with van der Waals surface area (Å²) in [6.45, 7) is 11.7. The second-order valence-electron chi connectivity index (χ2n) is 5.47. The van der Waals surface area contributed by atoms with Gasteiger partial charge in [-0.1, -0.05) is 27.2 Å². The Bertz CT molecular complexity index is 176. The van der Waals surface area contributed by atoms with Gasteiger partial charge in [0.1, 0.15) is 0 Å². The van der Waals surface area contributed by atoms with Crippen molar-refractivity contribution in [3.8, 4) is 0 Å². The molecule has 0 aromatic heterocycles. The summed E-state index contributed by atoms with van der Waals surface area (Å²) >= 11 is 1.93. The molecule has 0 aromatic rings. The van der Waals surface area contributed by atoms with Crippen LogP contribution in [0.25, 0.3) is 0 Å². The molecule has 0 fully saturated rings. The molecule has 2 nitrogen and oxygen atoms in total. The molecule has 0 aliphatic heterocycles. The van der Waals surface area contributed by atoms with E-state index in [-0.39, 0.29) is 0 Å². The lowest BCUT2D eigenvalue weighted by molar-refractivity contribution is 0.179. The van der Waals surface area contributed by atoms with Crippen LogP contribution in [0.15, 0.2) is 0 Å². The van der Waals surface area contributed by atoms with Gasteiger partial charge in [0.15, 0.2) is 0 Å². The first-order chi connectivity index (χ1) is 8.08. The second kappa shape index (κ2) is 10.2. The smallest absolute Gasteiger partial charge is 0.00694 e. The highest BCUT2D eigenvalue weighted by Gasteiger charge is 2.24. The SMILES string of the molecule is CCCNCC(C)(CCC)CN(C)CCSC. The average Bonchev–Trinajstić information content (AvgIpc) is 2.27. The normalized spacial score (nSPS) is 15.2. The van der Waals surface area contributed by atoms with E-state index in [0.717, 1.165) is 13.1 Å². The highest BCUT2D eigenvalue weighted by Crippen LogP contribution is 2.23. The van der Waals surface area contributed by atoms with Crippen LogP contribution in [0.2, 0.25) is 0 Å². The lowest BCUT2D eigenvalue weighted by Gasteiger charge is -2.34. The van der Waals surface area contributed by atoms with Gasteiger partial charge >= 0.3 is 0 Å². The number of hydrogen-bond acceptors (Lipinski definition) is 3.